The second kappa shape index (κ2) is 8.84. The van der Waals surface area contributed by atoms with Gasteiger partial charge >= 0.3 is 0 Å². The van der Waals surface area contributed by atoms with E-state index in [2.05, 4.69) is 19.1 Å². The quantitative estimate of drug-likeness (QED) is 0.780. The van der Waals surface area contributed by atoms with Gasteiger partial charge < -0.3 is 19.3 Å². The summed E-state index contributed by atoms with van der Waals surface area (Å²) in [6.07, 6.45) is 4.29. The normalized spacial score (nSPS) is 24.7. The summed E-state index contributed by atoms with van der Waals surface area (Å²) < 4.78 is 11.4. The predicted molar refractivity (Wildman–Crippen MR) is 111 cm³/mol. The van der Waals surface area contributed by atoms with Crippen LogP contribution in [0.3, 0.4) is 0 Å². The molecule has 1 aromatic carbocycles. The van der Waals surface area contributed by atoms with Crippen molar-refractivity contribution >= 4 is 17.5 Å². The van der Waals surface area contributed by atoms with E-state index in [1.165, 1.54) is 5.56 Å². The molecule has 3 aliphatic rings. The summed E-state index contributed by atoms with van der Waals surface area (Å²) in [5, 5.41) is 0. The molecule has 0 aromatic heterocycles. The second-order valence-electron chi connectivity index (χ2n) is 8.75. The number of aryl methyl sites for hydroxylation is 1. The first-order valence-corrected chi connectivity index (χ1v) is 10.9. The SMILES string of the molecule is CCCc1ccc(N2CC(C(=O)N3CCOCC4(CCOCC4)C3)CC2=O)cc1. The lowest BCUT2D eigenvalue weighted by Gasteiger charge is -2.38. The molecule has 3 saturated heterocycles. The zero-order valence-electron chi connectivity index (χ0n) is 17.4. The average Bonchev–Trinajstić information content (AvgIpc) is 3.01. The van der Waals surface area contributed by atoms with Crippen LogP contribution in [0.5, 0.6) is 0 Å². The minimum absolute atomic E-state index is 0.00180. The Morgan fingerprint density at radius 3 is 2.62 bits per heavy atom. The van der Waals surface area contributed by atoms with Crippen LogP contribution in [0.1, 0.15) is 38.2 Å². The number of rotatable bonds is 4. The Labute approximate surface area is 173 Å². The highest BCUT2D eigenvalue weighted by atomic mass is 16.5. The Kier molecular flexibility index (Phi) is 6.20. The van der Waals surface area contributed by atoms with Gasteiger partial charge in [-0.3, -0.25) is 9.59 Å². The van der Waals surface area contributed by atoms with Gasteiger partial charge in [0.25, 0.3) is 0 Å². The number of carbonyl (C=O) groups is 2. The lowest BCUT2D eigenvalue weighted by atomic mass is 9.80. The number of hydrogen-bond donors (Lipinski definition) is 0. The molecule has 0 saturated carbocycles. The van der Waals surface area contributed by atoms with Crippen molar-refractivity contribution in [1.29, 1.82) is 0 Å². The van der Waals surface area contributed by atoms with Crippen molar-refractivity contribution in [3.05, 3.63) is 29.8 Å². The molecule has 3 aliphatic heterocycles. The van der Waals surface area contributed by atoms with Crippen LogP contribution in [0.25, 0.3) is 0 Å². The van der Waals surface area contributed by atoms with Crippen molar-refractivity contribution in [2.24, 2.45) is 11.3 Å². The third-order valence-corrected chi connectivity index (χ3v) is 6.57. The molecular formula is C23H32N2O4. The van der Waals surface area contributed by atoms with E-state index in [0.29, 0.717) is 39.3 Å². The molecule has 3 fully saturated rings. The number of amides is 2. The molecule has 0 aliphatic carbocycles. The van der Waals surface area contributed by atoms with Crippen molar-refractivity contribution in [2.45, 2.75) is 39.0 Å². The van der Waals surface area contributed by atoms with Crippen molar-refractivity contribution in [3.8, 4) is 0 Å². The largest absolute Gasteiger partial charge is 0.381 e. The van der Waals surface area contributed by atoms with Gasteiger partial charge in [-0.1, -0.05) is 25.5 Å². The van der Waals surface area contributed by atoms with Crippen LogP contribution >= 0.6 is 0 Å². The fraction of sp³-hybridized carbons (Fsp3) is 0.652. The first kappa shape index (κ1) is 20.4. The van der Waals surface area contributed by atoms with E-state index in [0.717, 1.165) is 44.6 Å². The Morgan fingerprint density at radius 2 is 1.90 bits per heavy atom. The highest BCUT2D eigenvalue weighted by molar-refractivity contribution is 6.00. The summed E-state index contributed by atoms with van der Waals surface area (Å²) >= 11 is 0. The number of benzene rings is 1. The maximum absolute atomic E-state index is 13.3. The molecule has 2 amide bonds. The van der Waals surface area contributed by atoms with Crippen molar-refractivity contribution in [1.82, 2.24) is 4.90 Å². The molecule has 3 heterocycles. The summed E-state index contributed by atoms with van der Waals surface area (Å²) in [5.74, 6) is -0.133. The van der Waals surface area contributed by atoms with Gasteiger partial charge in [-0.2, -0.15) is 0 Å². The van der Waals surface area contributed by atoms with Crippen molar-refractivity contribution < 1.29 is 19.1 Å². The van der Waals surface area contributed by atoms with Gasteiger partial charge in [0.05, 0.1) is 19.1 Å². The van der Waals surface area contributed by atoms with Crippen LogP contribution in [0, 0.1) is 11.3 Å². The number of nitrogens with zero attached hydrogens (tertiary/aromatic N) is 2. The molecule has 6 heteroatoms. The molecule has 0 bridgehead atoms. The van der Waals surface area contributed by atoms with E-state index in [1.54, 1.807) is 4.90 Å². The summed E-state index contributed by atoms with van der Waals surface area (Å²) in [6.45, 7) is 6.68. The third kappa shape index (κ3) is 4.48. The summed E-state index contributed by atoms with van der Waals surface area (Å²) in [7, 11) is 0. The molecule has 0 radical (unpaired) electrons. The molecule has 1 aromatic rings. The van der Waals surface area contributed by atoms with E-state index >= 15 is 0 Å². The van der Waals surface area contributed by atoms with Crippen LogP contribution < -0.4 is 4.90 Å². The van der Waals surface area contributed by atoms with Crippen LogP contribution in [0.2, 0.25) is 0 Å². The van der Waals surface area contributed by atoms with Gasteiger partial charge in [0.2, 0.25) is 11.8 Å². The topological polar surface area (TPSA) is 59.1 Å². The molecule has 1 unspecified atom stereocenters. The minimum Gasteiger partial charge on any atom is -0.381 e. The minimum atomic E-state index is -0.271. The molecule has 29 heavy (non-hydrogen) atoms. The van der Waals surface area contributed by atoms with Crippen LogP contribution in [0.15, 0.2) is 24.3 Å². The van der Waals surface area contributed by atoms with Crippen LogP contribution in [-0.4, -0.2) is 62.8 Å². The second-order valence-corrected chi connectivity index (χ2v) is 8.75. The summed E-state index contributed by atoms with van der Waals surface area (Å²) in [5.41, 5.74) is 2.18. The Hall–Kier alpha value is -1.92. The maximum Gasteiger partial charge on any atom is 0.228 e. The van der Waals surface area contributed by atoms with Crippen molar-refractivity contribution in [3.63, 3.8) is 0 Å². The van der Waals surface area contributed by atoms with Gasteiger partial charge in [-0.15, -0.1) is 0 Å². The predicted octanol–water partition coefficient (Wildman–Crippen LogP) is 2.65. The fourth-order valence-electron chi connectivity index (χ4n) is 4.80. The Bertz CT molecular complexity index is 727. The molecule has 158 valence electrons. The highest BCUT2D eigenvalue weighted by Crippen LogP contribution is 2.35. The molecular weight excluding hydrogens is 368 g/mol. The molecule has 1 spiro atoms. The van der Waals surface area contributed by atoms with Gasteiger partial charge in [-0.05, 0) is 37.0 Å². The first-order chi connectivity index (χ1) is 14.1. The van der Waals surface area contributed by atoms with E-state index < -0.39 is 0 Å². The van der Waals surface area contributed by atoms with Gasteiger partial charge in [-0.25, -0.2) is 0 Å². The lowest BCUT2D eigenvalue weighted by Crippen LogP contribution is -2.46. The van der Waals surface area contributed by atoms with E-state index in [4.69, 9.17) is 9.47 Å². The molecule has 1 atom stereocenters. The van der Waals surface area contributed by atoms with Crippen LogP contribution in [-0.2, 0) is 25.5 Å². The average molecular weight is 401 g/mol. The Balaban J connectivity index is 1.43. The monoisotopic (exact) mass is 400 g/mol. The lowest BCUT2D eigenvalue weighted by molar-refractivity contribution is -0.137. The van der Waals surface area contributed by atoms with E-state index in [1.807, 2.05) is 17.0 Å². The number of hydrogen-bond acceptors (Lipinski definition) is 4. The first-order valence-electron chi connectivity index (χ1n) is 10.9. The Morgan fingerprint density at radius 1 is 1.14 bits per heavy atom. The van der Waals surface area contributed by atoms with Gasteiger partial charge in [0.15, 0.2) is 0 Å². The van der Waals surface area contributed by atoms with E-state index in [-0.39, 0.29) is 23.1 Å². The molecule has 6 nitrogen and oxygen atoms in total. The zero-order valence-corrected chi connectivity index (χ0v) is 17.4. The summed E-state index contributed by atoms with van der Waals surface area (Å²) in [6, 6.07) is 8.18. The highest BCUT2D eigenvalue weighted by Gasteiger charge is 2.42. The van der Waals surface area contributed by atoms with Gasteiger partial charge in [0.1, 0.15) is 0 Å². The number of anilines is 1. The number of carbonyl (C=O) groups excluding carboxylic acids is 2. The number of ether oxygens (including phenoxy) is 2. The van der Waals surface area contributed by atoms with Crippen molar-refractivity contribution in [2.75, 3.05) is 51.0 Å². The maximum atomic E-state index is 13.3. The zero-order chi connectivity index (χ0) is 20.3. The third-order valence-electron chi connectivity index (χ3n) is 6.57. The summed E-state index contributed by atoms with van der Waals surface area (Å²) in [4.78, 5) is 29.7. The van der Waals surface area contributed by atoms with Crippen LogP contribution in [0.4, 0.5) is 5.69 Å². The van der Waals surface area contributed by atoms with Gasteiger partial charge in [0, 0.05) is 50.4 Å². The van der Waals surface area contributed by atoms with E-state index in [9.17, 15) is 9.59 Å². The standard InChI is InChI=1S/C23H32N2O4/c1-2-3-18-4-6-20(7-5-18)25-15-19(14-21(25)26)22(27)24-10-13-29-17-23(16-24)8-11-28-12-9-23/h4-7,19H,2-3,8-17H2,1H3. The smallest absolute Gasteiger partial charge is 0.228 e. The fourth-order valence-corrected chi connectivity index (χ4v) is 4.80. The molecule has 0 N–H and O–H groups in total. The molecule has 4 rings (SSSR count).